The van der Waals surface area contributed by atoms with Gasteiger partial charge in [0.05, 0.1) is 34.0 Å². The Kier molecular flexibility index (Phi) is 7.05. The van der Waals surface area contributed by atoms with Crippen LogP contribution in [-0.2, 0) is 0 Å². The highest BCUT2D eigenvalue weighted by atomic mass is 16.5. The van der Waals surface area contributed by atoms with Crippen molar-refractivity contribution in [1.29, 1.82) is 0 Å². The lowest BCUT2D eigenvalue weighted by Crippen LogP contribution is -1.95. The number of methoxy groups -OCH3 is 4. The zero-order chi connectivity index (χ0) is 16.5. The molecule has 0 heterocycles. The third kappa shape index (κ3) is 3.83. The van der Waals surface area contributed by atoms with Crippen LogP contribution in [0.15, 0.2) is 36.4 Å². The second-order valence-corrected chi connectivity index (χ2v) is 4.14. The molecule has 2 rings (SSSR count). The van der Waals surface area contributed by atoms with Gasteiger partial charge in [-0.2, -0.15) is 0 Å². The van der Waals surface area contributed by atoms with Crippen LogP contribution in [0.25, 0.3) is 11.1 Å². The average molecular weight is 307 g/mol. The van der Waals surface area contributed by atoms with Gasteiger partial charge in [0.1, 0.15) is 30.1 Å². The van der Waals surface area contributed by atoms with E-state index in [-0.39, 0.29) is 0 Å². The van der Waals surface area contributed by atoms with Gasteiger partial charge in [0.15, 0.2) is 0 Å². The molecular weight excluding hydrogens is 284 g/mol. The van der Waals surface area contributed by atoms with Gasteiger partial charge in [-0.1, -0.05) is 12.1 Å². The largest absolute Gasteiger partial charge is 0.497 e. The maximum absolute atomic E-state index is 5.75. The Balaban J connectivity index is 0.00000116. The van der Waals surface area contributed by atoms with Crippen LogP contribution in [0.3, 0.4) is 0 Å². The Morgan fingerprint density at radius 3 is 1.45 bits per heavy atom. The Morgan fingerprint density at radius 2 is 1.09 bits per heavy atom. The SMILES string of the molecule is COc1ccc(-c2c(OC)cc(OC)cc2OC)cc1.C[OH2+]. The van der Waals surface area contributed by atoms with Crippen LogP contribution in [0.5, 0.6) is 23.0 Å². The van der Waals surface area contributed by atoms with Gasteiger partial charge < -0.3 is 24.1 Å². The maximum atomic E-state index is 5.75. The molecule has 0 radical (unpaired) electrons. The number of benzene rings is 2. The van der Waals surface area contributed by atoms with Crippen molar-refractivity contribution in [2.75, 3.05) is 35.5 Å². The highest BCUT2D eigenvalue weighted by Crippen LogP contribution is 2.42. The topological polar surface area (TPSA) is 59.8 Å². The minimum absolute atomic E-state index is 0.691. The molecule has 0 atom stereocenters. The second kappa shape index (κ2) is 8.79. The third-order valence-electron chi connectivity index (χ3n) is 3.09. The van der Waals surface area contributed by atoms with Gasteiger partial charge in [-0.05, 0) is 17.7 Å². The summed E-state index contributed by atoms with van der Waals surface area (Å²) in [6.45, 7) is 0. The van der Waals surface area contributed by atoms with Crippen LogP contribution >= 0.6 is 0 Å². The molecule has 5 nitrogen and oxygen atoms in total. The summed E-state index contributed by atoms with van der Waals surface area (Å²) in [5, 5.41) is 5.75. The zero-order valence-electron chi connectivity index (χ0n) is 13.6. The summed E-state index contributed by atoms with van der Waals surface area (Å²) < 4.78 is 21.3. The van der Waals surface area contributed by atoms with Crippen molar-refractivity contribution in [3.63, 3.8) is 0 Å². The molecule has 0 aliphatic rings. The lowest BCUT2D eigenvalue weighted by Gasteiger charge is -2.15. The van der Waals surface area contributed by atoms with Crippen LogP contribution < -0.4 is 18.9 Å². The van der Waals surface area contributed by atoms with E-state index in [1.807, 2.05) is 36.4 Å². The number of rotatable bonds is 5. The van der Waals surface area contributed by atoms with Crippen molar-refractivity contribution >= 4 is 0 Å². The van der Waals surface area contributed by atoms with Crippen LogP contribution in [0, 0.1) is 0 Å². The number of hydrogen-bond acceptors (Lipinski definition) is 4. The summed E-state index contributed by atoms with van der Waals surface area (Å²) in [5.74, 6) is 2.90. The van der Waals surface area contributed by atoms with E-state index in [2.05, 4.69) is 0 Å². The maximum Gasteiger partial charge on any atom is 0.134 e. The molecule has 5 heteroatoms. The van der Waals surface area contributed by atoms with Gasteiger partial charge >= 0.3 is 0 Å². The van der Waals surface area contributed by atoms with E-state index in [9.17, 15) is 0 Å². The summed E-state index contributed by atoms with van der Waals surface area (Å²) in [6, 6.07) is 11.4. The average Bonchev–Trinajstić information content (AvgIpc) is 2.62. The highest BCUT2D eigenvalue weighted by molar-refractivity contribution is 5.78. The van der Waals surface area contributed by atoms with Crippen LogP contribution in [0.1, 0.15) is 0 Å². The summed E-state index contributed by atoms with van der Waals surface area (Å²) in [7, 11) is 7.76. The first-order valence-corrected chi connectivity index (χ1v) is 6.68. The Morgan fingerprint density at radius 1 is 0.636 bits per heavy atom. The third-order valence-corrected chi connectivity index (χ3v) is 3.09. The van der Waals surface area contributed by atoms with Crippen molar-refractivity contribution in [3.05, 3.63) is 36.4 Å². The fourth-order valence-corrected chi connectivity index (χ4v) is 2.05. The molecule has 0 saturated heterocycles. The van der Waals surface area contributed by atoms with Crippen LogP contribution in [-0.4, -0.2) is 40.7 Å². The monoisotopic (exact) mass is 307 g/mol. The highest BCUT2D eigenvalue weighted by Gasteiger charge is 2.15. The summed E-state index contributed by atoms with van der Waals surface area (Å²) in [4.78, 5) is 0. The Labute approximate surface area is 131 Å². The second-order valence-electron chi connectivity index (χ2n) is 4.14. The number of hydrogen-bond donors (Lipinski definition) is 0. The first-order chi connectivity index (χ1) is 10.7. The first kappa shape index (κ1) is 17.7. The molecule has 0 fully saturated rings. The van der Waals surface area contributed by atoms with Gasteiger partial charge in [-0.3, -0.25) is 0 Å². The summed E-state index contributed by atoms with van der Waals surface area (Å²) in [6.07, 6.45) is 0. The van der Waals surface area contributed by atoms with Gasteiger partial charge in [-0.15, -0.1) is 0 Å². The molecule has 0 aliphatic carbocycles. The number of ether oxygens (including phenoxy) is 4. The fourth-order valence-electron chi connectivity index (χ4n) is 2.05. The predicted molar refractivity (Wildman–Crippen MR) is 87.6 cm³/mol. The molecule has 2 N–H and O–H groups in total. The van der Waals surface area contributed by atoms with Crippen LogP contribution in [0.4, 0.5) is 0 Å². The molecule has 0 saturated carbocycles. The van der Waals surface area contributed by atoms with Crippen molar-refractivity contribution < 1.29 is 24.1 Å². The molecule has 0 unspecified atom stereocenters. The molecule has 2 aromatic rings. The van der Waals surface area contributed by atoms with E-state index in [1.54, 1.807) is 28.4 Å². The molecule has 0 spiro atoms. The molecule has 22 heavy (non-hydrogen) atoms. The molecule has 0 aliphatic heterocycles. The minimum Gasteiger partial charge on any atom is -0.497 e. The quantitative estimate of drug-likeness (QED) is 0.797. The molecule has 0 amide bonds. The normalized spacial score (nSPS) is 9.36. The van der Waals surface area contributed by atoms with Crippen LogP contribution in [0.2, 0.25) is 0 Å². The van der Waals surface area contributed by atoms with E-state index in [0.29, 0.717) is 17.2 Å². The first-order valence-electron chi connectivity index (χ1n) is 6.68. The lowest BCUT2D eigenvalue weighted by atomic mass is 10.0. The van der Waals surface area contributed by atoms with Crippen molar-refractivity contribution in [2.24, 2.45) is 0 Å². The van der Waals surface area contributed by atoms with E-state index >= 15 is 0 Å². The molecule has 120 valence electrons. The van der Waals surface area contributed by atoms with Crippen molar-refractivity contribution in [2.45, 2.75) is 0 Å². The predicted octanol–water partition coefficient (Wildman–Crippen LogP) is 2.73. The van der Waals surface area contributed by atoms with E-state index < -0.39 is 0 Å². The zero-order valence-corrected chi connectivity index (χ0v) is 13.6. The molecular formula is C17H23O5+. The Hall–Kier alpha value is -2.40. The van der Waals surface area contributed by atoms with Gasteiger partial charge in [-0.25, -0.2) is 0 Å². The molecule has 0 bridgehead atoms. The van der Waals surface area contributed by atoms with Gasteiger partial charge in [0.25, 0.3) is 0 Å². The molecule has 0 aromatic heterocycles. The molecule has 2 aromatic carbocycles. The smallest absolute Gasteiger partial charge is 0.134 e. The summed E-state index contributed by atoms with van der Waals surface area (Å²) >= 11 is 0. The van der Waals surface area contributed by atoms with Crippen molar-refractivity contribution in [3.8, 4) is 34.1 Å². The van der Waals surface area contributed by atoms with E-state index in [1.165, 1.54) is 7.11 Å². The lowest BCUT2D eigenvalue weighted by molar-refractivity contribution is 0.377. The summed E-state index contributed by atoms with van der Waals surface area (Å²) in [5.41, 5.74) is 1.88. The standard InChI is InChI=1S/C16H18O4.CH4O/c1-17-12-7-5-11(6-8-12)16-14(19-3)9-13(18-2)10-15(16)20-4;1-2/h5-10H,1-4H3;2H,1H3/p+1. The van der Waals surface area contributed by atoms with Gasteiger partial charge in [0, 0.05) is 12.1 Å². The Bertz CT molecular complexity index is 553. The fraction of sp³-hybridized carbons (Fsp3) is 0.294. The minimum atomic E-state index is 0.691. The van der Waals surface area contributed by atoms with E-state index in [4.69, 9.17) is 24.1 Å². The van der Waals surface area contributed by atoms with E-state index in [0.717, 1.165) is 16.9 Å². The van der Waals surface area contributed by atoms with Crippen molar-refractivity contribution in [1.82, 2.24) is 0 Å². The van der Waals surface area contributed by atoms with Gasteiger partial charge in [0.2, 0.25) is 0 Å².